The van der Waals surface area contributed by atoms with E-state index in [0.29, 0.717) is 28.0 Å². The number of carbonyl (C=O) groups excluding carboxylic acids is 1. The summed E-state index contributed by atoms with van der Waals surface area (Å²) < 4.78 is 52.0. The molecule has 2 aromatic carbocycles. The van der Waals surface area contributed by atoms with Crippen molar-refractivity contribution in [3.63, 3.8) is 0 Å². The SMILES string of the molecule is Cc1ccc(CNC(=O)OCCc2c(-c3ccc(F)cc3)[nH]c3c(F)cc(F)cc23)o1. The van der Waals surface area contributed by atoms with Gasteiger partial charge in [-0.15, -0.1) is 0 Å². The van der Waals surface area contributed by atoms with Gasteiger partial charge in [0.25, 0.3) is 0 Å². The van der Waals surface area contributed by atoms with E-state index in [2.05, 4.69) is 10.3 Å². The molecule has 4 aromatic rings. The number of aromatic amines is 1. The molecule has 2 N–H and O–H groups in total. The van der Waals surface area contributed by atoms with Crippen LogP contribution in [0.1, 0.15) is 17.1 Å². The quantitative estimate of drug-likeness (QED) is 0.419. The Morgan fingerprint density at radius 3 is 2.55 bits per heavy atom. The van der Waals surface area contributed by atoms with Crippen LogP contribution in [0.15, 0.2) is 52.9 Å². The number of nitrogens with one attached hydrogen (secondary N) is 2. The van der Waals surface area contributed by atoms with Crippen molar-refractivity contribution in [2.45, 2.75) is 19.9 Å². The van der Waals surface area contributed by atoms with Crippen LogP contribution >= 0.6 is 0 Å². The van der Waals surface area contributed by atoms with Gasteiger partial charge in [0.1, 0.15) is 29.0 Å². The molecule has 0 radical (unpaired) electrons. The first-order valence-electron chi connectivity index (χ1n) is 9.62. The highest BCUT2D eigenvalue weighted by atomic mass is 19.1. The van der Waals surface area contributed by atoms with Crippen LogP contribution in [0.4, 0.5) is 18.0 Å². The summed E-state index contributed by atoms with van der Waals surface area (Å²) in [5, 5.41) is 2.92. The molecule has 0 saturated carbocycles. The maximum absolute atomic E-state index is 14.3. The number of carbonyl (C=O) groups is 1. The monoisotopic (exact) mass is 428 g/mol. The van der Waals surface area contributed by atoms with Crippen LogP contribution in [-0.4, -0.2) is 17.7 Å². The summed E-state index contributed by atoms with van der Waals surface area (Å²) in [5.74, 6) is -0.543. The zero-order chi connectivity index (χ0) is 22.0. The third-order valence-electron chi connectivity index (χ3n) is 4.85. The highest BCUT2D eigenvalue weighted by Crippen LogP contribution is 2.33. The molecule has 0 unspecified atom stereocenters. The van der Waals surface area contributed by atoms with Gasteiger partial charge in [0.2, 0.25) is 0 Å². The zero-order valence-electron chi connectivity index (χ0n) is 16.6. The lowest BCUT2D eigenvalue weighted by molar-refractivity contribution is 0.146. The van der Waals surface area contributed by atoms with Gasteiger partial charge in [0.15, 0.2) is 0 Å². The number of amides is 1. The number of furan rings is 1. The average Bonchev–Trinajstić information content (AvgIpc) is 3.31. The molecule has 0 spiro atoms. The van der Waals surface area contributed by atoms with E-state index in [4.69, 9.17) is 9.15 Å². The smallest absolute Gasteiger partial charge is 0.407 e. The molecule has 2 aromatic heterocycles. The molecule has 0 aliphatic rings. The van der Waals surface area contributed by atoms with E-state index >= 15 is 0 Å². The van der Waals surface area contributed by atoms with E-state index in [1.807, 2.05) is 0 Å². The molecule has 160 valence electrons. The number of ether oxygens (including phenoxy) is 1. The van der Waals surface area contributed by atoms with Crippen LogP contribution in [0, 0.1) is 24.4 Å². The highest BCUT2D eigenvalue weighted by Gasteiger charge is 2.18. The van der Waals surface area contributed by atoms with Crippen molar-refractivity contribution < 1.29 is 27.1 Å². The number of aryl methyl sites for hydroxylation is 1. The first-order chi connectivity index (χ1) is 14.9. The molecule has 2 heterocycles. The Balaban J connectivity index is 1.52. The number of halogens is 3. The summed E-state index contributed by atoms with van der Waals surface area (Å²) in [5.41, 5.74) is 1.81. The molecule has 0 fully saturated rings. The van der Waals surface area contributed by atoms with Crippen LogP contribution < -0.4 is 5.32 Å². The molecule has 8 heteroatoms. The Morgan fingerprint density at radius 1 is 1.06 bits per heavy atom. The molecule has 1 amide bonds. The predicted molar refractivity (Wildman–Crippen MR) is 109 cm³/mol. The lowest BCUT2D eigenvalue weighted by Crippen LogP contribution is -2.24. The topological polar surface area (TPSA) is 67.3 Å². The van der Waals surface area contributed by atoms with E-state index in [9.17, 15) is 18.0 Å². The lowest BCUT2D eigenvalue weighted by Gasteiger charge is -2.08. The fourth-order valence-electron chi connectivity index (χ4n) is 3.43. The number of hydrogen-bond acceptors (Lipinski definition) is 3. The fraction of sp³-hybridized carbons (Fsp3) is 0.174. The molecule has 0 bridgehead atoms. The van der Waals surface area contributed by atoms with Crippen LogP contribution in [-0.2, 0) is 17.7 Å². The number of alkyl carbamates (subject to hydrolysis) is 1. The van der Waals surface area contributed by atoms with E-state index in [-0.39, 0.29) is 25.1 Å². The second kappa shape index (κ2) is 8.59. The molecule has 31 heavy (non-hydrogen) atoms. The van der Waals surface area contributed by atoms with Crippen molar-refractivity contribution in [3.05, 3.63) is 83.1 Å². The summed E-state index contributed by atoms with van der Waals surface area (Å²) in [4.78, 5) is 14.9. The number of fused-ring (bicyclic) bond motifs is 1. The molecule has 0 atom stereocenters. The molecular formula is C23H19F3N2O3. The van der Waals surface area contributed by atoms with Gasteiger partial charge in [-0.1, -0.05) is 0 Å². The van der Waals surface area contributed by atoms with Crippen molar-refractivity contribution in [1.82, 2.24) is 10.3 Å². The van der Waals surface area contributed by atoms with E-state index in [1.54, 1.807) is 19.1 Å². The normalized spacial score (nSPS) is 11.1. The van der Waals surface area contributed by atoms with Crippen molar-refractivity contribution in [2.24, 2.45) is 0 Å². The number of aromatic nitrogens is 1. The van der Waals surface area contributed by atoms with Gasteiger partial charge in [0, 0.05) is 23.6 Å². The van der Waals surface area contributed by atoms with E-state index in [0.717, 1.165) is 11.8 Å². The Bertz CT molecular complexity index is 1230. The number of benzene rings is 2. The minimum Gasteiger partial charge on any atom is -0.465 e. The van der Waals surface area contributed by atoms with Gasteiger partial charge >= 0.3 is 6.09 Å². The highest BCUT2D eigenvalue weighted by molar-refractivity contribution is 5.91. The predicted octanol–water partition coefficient (Wildman–Crippen LogP) is 5.62. The second-order valence-corrected chi connectivity index (χ2v) is 7.05. The van der Waals surface area contributed by atoms with E-state index in [1.165, 1.54) is 30.3 Å². The van der Waals surface area contributed by atoms with Crippen molar-refractivity contribution in [2.75, 3.05) is 6.61 Å². The summed E-state index contributed by atoms with van der Waals surface area (Å²) in [6, 6.07) is 11.2. The van der Waals surface area contributed by atoms with Crippen LogP contribution in [0.2, 0.25) is 0 Å². The third kappa shape index (κ3) is 4.58. The molecule has 0 saturated heterocycles. The number of H-pyrrole nitrogens is 1. The summed E-state index contributed by atoms with van der Waals surface area (Å²) >= 11 is 0. The second-order valence-electron chi connectivity index (χ2n) is 7.05. The standard InChI is InChI=1S/C23H19F3N2O3/c1-13-2-7-17(31-13)12-27-23(29)30-9-8-18-19-10-16(25)11-20(26)22(19)28-21(18)14-3-5-15(24)6-4-14/h2-7,10-11,28H,8-9,12H2,1H3,(H,27,29). The van der Waals surface area contributed by atoms with Crippen LogP contribution in [0.25, 0.3) is 22.2 Å². The van der Waals surface area contributed by atoms with Gasteiger partial charge in [-0.25, -0.2) is 18.0 Å². The molecule has 0 aliphatic heterocycles. The zero-order valence-corrected chi connectivity index (χ0v) is 16.6. The van der Waals surface area contributed by atoms with Gasteiger partial charge in [-0.2, -0.15) is 0 Å². The summed E-state index contributed by atoms with van der Waals surface area (Å²) in [6.45, 7) is 1.95. The van der Waals surface area contributed by atoms with E-state index < -0.39 is 23.5 Å². The van der Waals surface area contributed by atoms with Crippen LogP contribution in [0.3, 0.4) is 0 Å². The molecular weight excluding hydrogens is 409 g/mol. The third-order valence-corrected chi connectivity index (χ3v) is 4.85. The van der Waals surface area contributed by atoms with Crippen molar-refractivity contribution >= 4 is 17.0 Å². The maximum Gasteiger partial charge on any atom is 0.407 e. The van der Waals surface area contributed by atoms with Gasteiger partial charge in [-0.3, -0.25) is 0 Å². The van der Waals surface area contributed by atoms with Gasteiger partial charge in [-0.05, 0) is 60.5 Å². The van der Waals surface area contributed by atoms with Gasteiger partial charge in [0.05, 0.1) is 18.7 Å². The Morgan fingerprint density at radius 2 is 1.84 bits per heavy atom. The maximum atomic E-state index is 14.3. The average molecular weight is 428 g/mol. The molecule has 5 nitrogen and oxygen atoms in total. The summed E-state index contributed by atoms with van der Waals surface area (Å²) in [7, 11) is 0. The van der Waals surface area contributed by atoms with Crippen LogP contribution in [0.5, 0.6) is 0 Å². The Hall–Kier alpha value is -3.68. The first kappa shape index (κ1) is 20.6. The number of hydrogen-bond donors (Lipinski definition) is 2. The van der Waals surface area contributed by atoms with Crippen molar-refractivity contribution in [1.29, 1.82) is 0 Å². The minimum absolute atomic E-state index is 0.0255. The molecule has 0 aliphatic carbocycles. The lowest BCUT2D eigenvalue weighted by atomic mass is 10.0. The Kier molecular flexibility index (Phi) is 5.70. The summed E-state index contributed by atoms with van der Waals surface area (Å²) in [6.07, 6.45) is -0.447. The Labute approximate surface area is 175 Å². The number of rotatable bonds is 6. The minimum atomic E-state index is -0.739. The first-order valence-corrected chi connectivity index (χ1v) is 9.62. The van der Waals surface area contributed by atoms with Crippen molar-refractivity contribution in [3.8, 4) is 11.3 Å². The largest absolute Gasteiger partial charge is 0.465 e. The van der Waals surface area contributed by atoms with Gasteiger partial charge < -0.3 is 19.5 Å². The molecule has 4 rings (SSSR count). The fourth-order valence-corrected chi connectivity index (χ4v) is 3.43.